The lowest BCUT2D eigenvalue weighted by Gasteiger charge is -2.33. The van der Waals surface area contributed by atoms with E-state index in [2.05, 4.69) is 37.6 Å². The third-order valence-corrected chi connectivity index (χ3v) is 5.51. The molecule has 0 spiro atoms. The van der Waals surface area contributed by atoms with E-state index >= 15 is 4.39 Å². The van der Waals surface area contributed by atoms with Gasteiger partial charge in [-0.15, -0.1) is 5.10 Å². The molecule has 1 atom stereocenters. The van der Waals surface area contributed by atoms with Crippen LogP contribution in [-0.2, 0) is 0 Å². The highest BCUT2D eigenvalue weighted by atomic mass is 19.1. The van der Waals surface area contributed by atoms with Gasteiger partial charge < -0.3 is 15.5 Å². The summed E-state index contributed by atoms with van der Waals surface area (Å²) >= 11 is 0. The number of piperazine rings is 1. The number of fused-ring (bicyclic) bond motifs is 2. The van der Waals surface area contributed by atoms with Crippen molar-refractivity contribution in [1.29, 1.82) is 0 Å². The number of carbonyl (C=O) groups is 1. The van der Waals surface area contributed by atoms with Crippen LogP contribution in [0.15, 0.2) is 24.4 Å². The molecule has 166 valence electrons. The first-order valence-electron chi connectivity index (χ1n) is 10.3. The van der Waals surface area contributed by atoms with Crippen LogP contribution in [0.3, 0.4) is 0 Å². The number of carbonyl (C=O) groups excluding carboxylic acids is 1. The zero-order chi connectivity index (χ0) is 22.6. The first-order valence-corrected chi connectivity index (χ1v) is 10.3. The highest BCUT2D eigenvalue weighted by molar-refractivity contribution is 5.99. The molecular weight excluding hydrogens is 418 g/mol. The zero-order valence-corrected chi connectivity index (χ0v) is 17.9. The van der Waals surface area contributed by atoms with Gasteiger partial charge in [0.25, 0.3) is 0 Å². The van der Waals surface area contributed by atoms with Gasteiger partial charge in [-0.2, -0.15) is 9.78 Å². The Kier molecular flexibility index (Phi) is 4.77. The Morgan fingerprint density at radius 3 is 2.78 bits per heavy atom. The molecule has 1 unspecified atom stereocenters. The van der Waals surface area contributed by atoms with Crippen molar-refractivity contribution in [2.45, 2.75) is 26.8 Å². The number of hydrogen-bond acceptors (Lipinski definition) is 7. The van der Waals surface area contributed by atoms with Crippen LogP contribution in [0, 0.1) is 18.6 Å². The molecule has 1 aliphatic heterocycles. The molecule has 3 aromatic heterocycles. The van der Waals surface area contributed by atoms with Crippen molar-refractivity contribution in [3.63, 3.8) is 0 Å². The largest absolute Gasteiger partial charge is 0.369 e. The van der Waals surface area contributed by atoms with Gasteiger partial charge in [0.05, 0.1) is 22.8 Å². The van der Waals surface area contributed by atoms with E-state index in [0.29, 0.717) is 22.7 Å². The number of nitrogens with one attached hydrogen (secondary N) is 2. The second-order valence-electron chi connectivity index (χ2n) is 8.03. The molecular formula is C21H22F2N8O. The summed E-state index contributed by atoms with van der Waals surface area (Å²) in [5.74, 6) is -0.920. The standard InChI is InChI=1S/C21H22F2N8O/c1-11-9-29(5-4-24-11)15-7-16(22)19-18(8-15)31(13(3)32)28-20(19)26-14-6-17(23)21-25-12(2)27-30(21)10-14/h6-8,10-11,24H,4-5,9H2,1-3H3,(H,26,28). The molecule has 1 saturated heterocycles. The molecule has 0 saturated carbocycles. The Hall–Kier alpha value is -3.60. The molecule has 1 aromatic carbocycles. The highest BCUT2D eigenvalue weighted by Gasteiger charge is 2.23. The molecule has 0 radical (unpaired) electrons. The molecule has 0 aliphatic carbocycles. The van der Waals surface area contributed by atoms with E-state index in [1.54, 1.807) is 13.0 Å². The summed E-state index contributed by atoms with van der Waals surface area (Å²) < 4.78 is 32.2. The highest BCUT2D eigenvalue weighted by Crippen LogP contribution is 2.33. The maximum atomic E-state index is 15.3. The Balaban J connectivity index is 1.60. The predicted octanol–water partition coefficient (Wildman–Crippen LogP) is 2.87. The number of halogens is 2. The van der Waals surface area contributed by atoms with Crippen molar-refractivity contribution in [2.75, 3.05) is 29.9 Å². The van der Waals surface area contributed by atoms with E-state index < -0.39 is 11.6 Å². The lowest BCUT2D eigenvalue weighted by molar-refractivity contribution is 0.0927. The van der Waals surface area contributed by atoms with Gasteiger partial charge in [0.2, 0.25) is 5.91 Å². The summed E-state index contributed by atoms with van der Waals surface area (Å²) in [6, 6.07) is 4.71. The minimum atomic E-state index is -0.582. The van der Waals surface area contributed by atoms with Crippen molar-refractivity contribution in [1.82, 2.24) is 29.7 Å². The van der Waals surface area contributed by atoms with Crippen molar-refractivity contribution >= 4 is 39.6 Å². The van der Waals surface area contributed by atoms with Crippen LogP contribution in [-0.4, -0.2) is 56.0 Å². The number of aromatic nitrogens is 5. The van der Waals surface area contributed by atoms with E-state index in [9.17, 15) is 9.18 Å². The summed E-state index contributed by atoms with van der Waals surface area (Å²) in [6.45, 7) is 7.32. The first-order chi connectivity index (χ1) is 15.3. The maximum absolute atomic E-state index is 15.3. The van der Waals surface area contributed by atoms with Gasteiger partial charge >= 0.3 is 0 Å². The number of hydrogen-bond donors (Lipinski definition) is 2. The molecule has 5 rings (SSSR count). The van der Waals surface area contributed by atoms with Crippen LogP contribution in [0.4, 0.5) is 26.0 Å². The van der Waals surface area contributed by atoms with Crippen LogP contribution in [0.1, 0.15) is 24.5 Å². The van der Waals surface area contributed by atoms with Crippen molar-refractivity contribution in [3.05, 3.63) is 41.9 Å². The summed E-state index contributed by atoms with van der Waals surface area (Å²) in [4.78, 5) is 18.4. The van der Waals surface area contributed by atoms with E-state index in [1.807, 2.05) is 0 Å². The number of rotatable bonds is 3. The third-order valence-electron chi connectivity index (χ3n) is 5.51. The Morgan fingerprint density at radius 1 is 1.22 bits per heavy atom. The number of benzene rings is 1. The Bertz CT molecular complexity index is 1360. The van der Waals surface area contributed by atoms with Crippen molar-refractivity contribution in [2.24, 2.45) is 0 Å². The van der Waals surface area contributed by atoms with E-state index in [0.717, 1.165) is 24.3 Å². The second kappa shape index (κ2) is 7.52. The van der Waals surface area contributed by atoms with Gasteiger partial charge in [-0.25, -0.2) is 18.3 Å². The second-order valence-corrected chi connectivity index (χ2v) is 8.03. The SMILES string of the molecule is CC(=O)n1nc(Nc2cc(F)c3nc(C)nn3c2)c2c(F)cc(N3CCNC(C)C3)cc21. The molecule has 32 heavy (non-hydrogen) atoms. The monoisotopic (exact) mass is 440 g/mol. The van der Waals surface area contributed by atoms with Gasteiger partial charge in [0.15, 0.2) is 17.3 Å². The molecule has 2 N–H and O–H groups in total. The predicted molar refractivity (Wildman–Crippen MR) is 117 cm³/mol. The molecule has 1 fully saturated rings. The number of pyridine rings is 1. The van der Waals surface area contributed by atoms with Crippen LogP contribution in [0.5, 0.6) is 0 Å². The van der Waals surface area contributed by atoms with Crippen LogP contribution in [0.2, 0.25) is 0 Å². The fraction of sp³-hybridized carbons (Fsp3) is 0.333. The average Bonchev–Trinajstić information content (AvgIpc) is 3.29. The summed E-state index contributed by atoms with van der Waals surface area (Å²) in [5, 5.41) is 14.8. The summed E-state index contributed by atoms with van der Waals surface area (Å²) in [6.07, 6.45) is 1.53. The maximum Gasteiger partial charge on any atom is 0.244 e. The van der Waals surface area contributed by atoms with Crippen molar-refractivity contribution < 1.29 is 13.6 Å². The van der Waals surface area contributed by atoms with Gasteiger partial charge in [-0.3, -0.25) is 4.79 Å². The molecule has 4 heterocycles. The minimum Gasteiger partial charge on any atom is -0.369 e. The van der Waals surface area contributed by atoms with Crippen LogP contribution < -0.4 is 15.5 Å². The topological polar surface area (TPSA) is 92.4 Å². The Morgan fingerprint density at radius 2 is 2.03 bits per heavy atom. The third kappa shape index (κ3) is 3.44. The fourth-order valence-electron chi connectivity index (χ4n) is 4.12. The molecule has 0 amide bonds. The normalized spacial score (nSPS) is 16.8. The summed E-state index contributed by atoms with van der Waals surface area (Å²) in [7, 11) is 0. The number of nitrogens with zero attached hydrogens (tertiary/aromatic N) is 6. The van der Waals surface area contributed by atoms with Crippen LogP contribution >= 0.6 is 0 Å². The van der Waals surface area contributed by atoms with E-state index in [1.165, 1.54) is 29.8 Å². The first kappa shape index (κ1) is 20.3. The lowest BCUT2D eigenvalue weighted by atomic mass is 10.1. The van der Waals surface area contributed by atoms with Gasteiger partial charge in [0.1, 0.15) is 11.6 Å². The molecule has 9 nitrogen and oxygen atoms in total. The minimum absolute atomic E-state index is 0.0910. The smallest absolute Gasteiger partial charge is 0.244 e. The number of aryl methyl sites for hydroxylation is 1. The Labute approximate surface area is 182 Å². The molecule has 4 aromatic rings. The van der Waals surface area contributed by atoms with E-state index in [-0.39, 0.29) is 28.8 Å². The van der Waals surface area contributed by atoms with Crippen molar-refractivity contribution in [3.8, 4) is 0 Å². The molecule has 0 bridgehead atoms. The van der Waals surface area contributed by atoms with E-state index in [4.69, 9.17) is 0 Å². The van der Waals surface area contributed by atoms with Crippen LogP contribution in [0.25, 0.3) is 16.6 Å². The molecule has 11 heteroatoms. The summed E-state index contributed by atoms with van der Waals surface area (Å²) in [5.41, 5.74) is 1.42. The lowest BCUT2D eigenvalue weighted by Crippen LogP contribution is -2.49. The fourth-order valence-corrected chi connectivity index (χ4v) is 4.12. The number of anilines is 3. The molecule has 1 aliphatic rings. The van der Waals surface area contributed by atoms with Gasteiger partial charge in [-0.05, 0) is 26.0 Å². The van der Waals surface area contributed by atoms with Gasteiger partial charge in [-0.1, -0.05) is 0 Å². The van der Waals surface area contributed by atoms with Gasteiger partial charge in [0, 0.05) is 44.4 Å². The quantitative estimate of drug-likeness (QED) is 0.506. The zero-order valence-electron chi connectivity index (χ0n) is 17.9. The average molecular weight is 440 g/mol.